The number of thiophene rings is 1. The molecule has 7 heteroatoms. The van der Waals surface area contributed by atoms with Gasteiger partial charge in [0, 0.05) is 48.1 Å². The lowest BCUT2D eigenvalue weighted by Gasteiger charge is -2.36. The van der Waals surface area contributed by atoms with Crippen LogP contribution in [0.2, 0.25) is 0 Å². The van der Waals surface area contributed by atoms with Crippen molar-refractivity contribution in [2.45, 2.75) is 27.7 Å². The molecule has 172 valence electrons. The highest BCUT2D eigenvalue weighted by molar-refractivity contribution is 7.14. The maximum Gasteiger partial charge on any atom is 0.264 e. The van der Waals surface area contributed by atoms with Crippen molar-refractivity contribution in [1.82, 2.24) is 9.47 Å². The van der Waals surface area contributed by atoms with Gasteiger partial charge in [-0.3, -0.25) is 4.79 Å². The first kappa shape index (κ1) is 23.4. The smallest absolute Gasteiger partial charge is 0.264 e. The van der Waals surface area contributed by atoms with E-state index in [2.05, 4.69) is 29.2 Å². The predicted molar refractivity (Wildman–Crippen MR) is 136 cm³/mol. The van der Waals surface area contributed by atoms with E-state index in [0.717, 1.165) is 51.2 Å². The first-order valence-electron chi connectivity index (χ1n) is 11.3. The minimum atomic E-state index is -0.236. The number of carbonyl (C=O) groups excluding carboxylic acids is 1. The Balaban J connectivity index is 1.58. The quantitative estimate of drug-likeness (QED) is 0.402. The summed E-state index contributed by atoms with van der Waals surface area (Å²) in [5, 5.41) is 20.4. The van der Waals surface area contributed by atoms with Gasteiger partial charge < -0.3 is 14.4 Å². The van der Waals surface area contributed by atoms with Crippen LogP contribution in [0.3, 0.4) is 0 Å². The van der Waals surface area contributed by atoms with Crippen molar-refractivity contribution < 1.29 is 4.79 Å². The van der Waals surface area contributed by atoms with Crippen molar-refractivity contribution in [1.29, 1.82) is 10.5 Å². The van der Waals surface area contributed by atoms with Gasteiger partial charge in [0.05, 0.1) is 5.56 Å². The van der Waals surface area contributed by atoms with Crippen LogP contribution in [-0.4, -0.2) is 41.6 Å². The molecule has 1 fully saturated rings. The van der Waals surface area contributed by atoms with Crippen LogP contribution in [0.5, 0.6) is 0 Å². The summed E-state index contributed by atoms with van der Waals surface area (Å²) in [5.74, 6) is -0.236. The number of piperazine rings is 1. The molecule has 4 rings (SSSR count). The van der Waals surface area contributed by atoms with E-state index >= 15 is 0 Å². The number of para-hydroxylation sites is 1. The summed E-state index contributed by atoms with van der Waals surface area (Å²) in [5.41, 5.74) is 5.63. The molecule has 0 atom stereocenters. The van der Waals surface area contributed by atoms with E-state index in [9.17, 15) is 15.3 Å². The normalized spacial score (nSPS) is 14.1. The lowest BCUT2D eigenvalue weighted by molar-refractivity contribution is -0.126. The Hall–Kier alpha value is -3.81. The number of anilines is 1. The molecule has 0 aliphatic carbocycles. The molecule has 0 saturated carbocycles. The van der Waals surface area contributed by atoms with E-state index in [0.29, 0.717) is 18.7 Å². The predicted octanol–water partition coefficient (Wildman–Crippen LogP) is 4.90. The fraction of sp³-hybridized carbons (Fsp3) is 0.296. The van der Waals surface area contributed by atoms with Crippen molar-refractivity contribution in [3.63, 3.8) is 0 Å². The Kier molecular flexibility index (Phi) is 6.58. The van der Waals surface area contributed by atoms with E-state index in [4.69, 9.17) is 0 Å². The maximum absolute atomic E-state index is 13.2. The van der Waals surface area contributed by atoms with E-state index in [1.165, 1.54) is 0 Å². The van der Waals surface area contributed by atoms with Crippen LogP contribution in [0.25, 0.3) is 11.1 Å². The summed E-state index contributed by atoms with van der Waals surface area (Å²) in [7, 11) is 0. The number of aryl methyl sites for hydroxylation is 2. The highest BCUT2D eigenvalue weighted by Crippen LogP contribution is 2.34. The van der Waals surface area contributed by atoms with E-state index in [1.54, 1.807) is 22.3 Å². The van der Waals surface area contributed by atoms with Crippen molar-refractivity contribution in [3.05, 3.63) is 74.9 Å². The number of nitriles is 2. The summed E-state index contributed by atoms with van der Waals surface area (Å²) in [6.07, 6.45) is 1.68. The van der Waals surface area contributed by atoms with Crippen LogP contribution in [0.1, 0.15) is 33.0 Å². The van der Waals surface area contributed by atoms with Crippen LogP contribution in [0.15, 0.2) is 42.0 Å². The molecule has 0 radical (unpaired) electrons. The zero-order chi connectivity index (χ0) is 24.4. The number of carbonyl (C=O) groups is 1. The Labute approximate surface area is 204 Å². The average molecular weight is 470 g/mol. The Morgan fingerprint density at radius 2 is 1.71 bits per heavy atom. The van der Waals surface area contributed by atoms with Crippen molar-refractivity contribution in [3.8, 4) is 17.1 Å². The van der Waals surface area contributed by atoms with E-state index in [-0.39, 0.29) is 11.5 Å². The Morgan fingerprint density at radius 3 is 2.32 bits per heavy atom. The first-order valence-corrected chi connectivity index (χ1v) is 12.1. The molecule has 1 aliphatic rings. The largest absolute Gasteiger partial charge is 0.368 e. The summed E-state index contributed by atoms with van der Waals surface area (Å²) in [4.78, 5) is 18.3. The molecule has 34 heavy (non-hydrogen) atoms. The van der Waals surface area contributed by atoms with Gasteiger partial charge in [-0.1, -0.05) is 18.2 Å². The van der Waals surface area contributed by atoms with Gasteiger partial charge in [-0.25, -0.2) is 0 Å². The number of nitrogens with zero attached hydrogens (tertiary/aromatic N) is 5. The molecule has 2 aromatic heterocycles. The van der Waals surface area contributed by atoms with Crippen LogP contribution in [0.4, 0.5) is 5.69 Å². The Bertz CT molecular complexity index is 1340. The Morgan fingerprint density at radius 1 is 1.03 bits per heavy atom. The fourth-order valence-electron chi connectivity index (χ4n) is 4.42. The average Bonchev–Trinajstić information content (AvgIpc) is 3.30. The van der Waals surface area contributed by atoms with Crippen molar-refractivity contribution in [2.75, 3.05) is 31.1 Å². The third kappa shape index (κ3) is 4.23. The van der Waals surface area contributed by atoms with Gasteiger partial charge in [0.25, 0.3) is 5.91 Å². The lowest BCUT2D eigenvalue weighted by Crippen LogP contribution is -2.49. The molecule has 1 aliphatic heterocycles. The van der Waals surface area contributed by atoms with Gasteiger partial charge >= 0.3 is 0 Å². The van der Waals surface area contributed by atoms with Gasteiger partial charge in [-0.05, 0) is 63.1 Å². The van der Waals surface area contributed by atoms with Crippen LogP contribution < -0.4 is 4.90 Å². The molecule has 1 saturated heterocycles. The molecule has 1 aromatic carbocycles. The third-order valence-electron chi connectivity index (χ3n) is 6.49. The van der Waals surface area contributed by atoms with Crippen LogP contribution in [-0.2, 0) is 4.79 Å². The van der Waals surface area contributed by atoms with Gasteiger partial charge in [-0.15, -0.1) is 11.3 Å². The molecule has 0 spiro atoms. The number of hydrogen-bond acceptors (Lipinski definition) is 5. The second kappa shape index (κ2) is 9.59. The van der Waals surface area contributed by atoms with Gasteiger partial charge in [-0.2, -0.15) is 10.5 Å². The second-order valence-corrected chi connectivity index (χ2v) is 9.72. The summed E-state index contributed by atoms with van der Waals surface area (Å²) in [6.45, 7) is 10.5. The molecule has 3 aromatic rings. The fourth-order valence-corrected chi connectivity index (χ4v) is 5.64. The minimum Gasteiger partial charge on any atom is -0.368 e. The molecule has 6 nitrogen and oxygen atoms in total. The molecule has 0 unspecified atom stereocenters. The van der Waals surface area contributed by atoms with Crippen molar-refractivity contribution in [2.24, 2.45) is 0 Å². The number of amides is 1. The first-order chi connectivity index (χ1) is 16.3. The van der Waals surface area contributed by atoms with Crippen LogP contribution >= 0.6 is 11.3 Å². The lowest BCUT2D eigenvalue weighted by atomic mass is 10.1. The number of benzene rings is 1. The SMILES string of the molecule is Cc1sc(-n2c(C)cc(C=C(C#N)C(=O)N3CCN(c4ccccc4)CC3)c2C)c(C#N)c1C. The van der Waals surface area contributed by atoms with E-state index < -0.39 is 0 Å². The summed E-state index contributed by atoms with van der Waals surface area (Å²) >= 11 is 1.59. The number of rotatable bonds is 4. The standard InChI is InChI=1S/C27H27N5OS/c1-18-14-22(20(3)32(18)27-25(17-29)19(2)21(4)34-27)15-23(16-28)26(33)31-12-10-30(11-13-31)24-8-6-5-7-9-24/h5-9,14-15H,10-13H2,1-4H3. The van der Waals surface area contributed by atoms with Gasteiger partial charge in [0.1, 0.15) is 22.7 Å². The molecular weight excluding hydrogens is 442 g/mol. The molecule has 3 heterocycles. The highest BCUT2D eigenvalue weighted by Gasteiger charge is 2.25. The minimum absolute atomic E-state index is 0.132. The zero-order valence-electron chi connectivity index (χ0n) is 19.9. The van der Waals surface area contributed by atoms with Crippen LogP contribution in [0, 0.1) is 50.4 Å². The van der Waals surface area contributed by atoms with Gasteiger partial charge in [0.15, 0.2) is 0 Å². The second-order valence-electron chi connectivity index (χ2n) is 8.52. The summed E-state index contributed by atoms with van der Waals surface area (Å²) in [6, 6.07) is 16.6. The van der Waals surface area contributed by atoms with Crippen molar-refractivity contribution >= 4 is 29.0 Å². The topological polar surface area (TPSA) is 76.1 Å². The summed E-state index contributed by atoms with van der Waals surface area (Å²) < 4.78 is 2.05. The molecule has 1 amide bonds. The maximum atomic E-state index is 13.2. The molecule has 0 N–H and O–H groups in total. The van der Waals surface area contributed by atoms with E-state index in [1.807, 2.05) is 56.5 Å². The monoisotopic (exact) mass is 469 g/mol. The molecular formula is C27H27N5OS. The highest BCUT2D eigenvalue weighted by atomic mass is 32.1. The third-order valence-corrected chi connectivity index (χ3v) is 7.68. The molecule has 0 bridgehead atoms. The zero-order valence-corrected chi connectivity index (χ0v) is 20.7. The number of aromatic nitrogens is 1. The van der Waals surface area contributed by atoms with Gasteiger partial charge in [0.2, 0.25) is 0 Å². The number of hydrogen-bond donors (Lipinski definition) is 0.